The van der Waals surface area contributed by atoms with Gasteiger partial charge < -0.3 is 0 Å². The maximum absolute atomic E-state index is 4.60. The summed E-state index contributed by atoms with van der Waals surface area (Å²) in [5.41, 5.74) is 3.87. The molecule has 5 rings (SSSR count). The topological polar surface area (TPSA) is 0 Å². The highest BCUT2D eigenvalue weighted by Gasteiger charge is 2.58. The molecule has 3 fully saturated rings. The Morgan fingerprint density at radius 2 is 1.59 bits per heavy atom. The largest absolute Gasteiger partial charge is 0.0891 e. The Morgan fingerprint density at radius 1 is 0.864 bits per heavy atom. The molecule has 0 aromatic heterocycles. The zero-order chi connectivity index (χ0) is 31.4. The van der Waals surface area contributed by atoms with Gasteiger partial charge in [0.05, 0.1) is 0 Å². The summed E-state index contributed by atoms with van der Waals surface area (Å²) in [5, 5.41) is 0. The molecule has 0 aliphatic heterocycles. The van der Waals surface area contributed by atoms with Crippen molar-refractivity contribution in [1.29, 1.82) is 0 Å². The van der Waals surface area contributed by atoms with Gasteiger partial charge in [0.25, 0.3) is 0 Å². The van der Waals surface area contributed by atoms with Gasteiger partial charge in [0.2, 0.25) is 0 Å². The molecule has 0 unspecified atom stereocenters. The first-order valence-electron chi connectivity index (χ1n) is 15.8. The Morgan fingerprint density at radius 3 is 2.32 bits per heavy atom. The summed E-state index contributed by atoms with van der Waals surface area (Å²) < 4.78 is 0. The first-order chi connectivity index (χ1) is 21.3. The zero-order valence-corrected chi connectivity index (χ0v) is 32.8. The molecule has 8 atom stereocenters. The Bertz CT molecular complexity index is 1610. The molecule has 4 aliphatic rings. The summed E-state index contributed by atoms with van der Waals surface area (Å²) in [5.74, 6) is 23.4. The third-order valence-electron chi connectivity index (χ3n) is 11.2. The van der Waals surface area contributed by atoms with Gasteiger partial charge in [0, 0.05) is 87.6 Å². The summed E-state index contributed by atoms with van der Waals surface area (Å²) >= 11 is 9.21. The standard InChI is InChI=1S/C36H44.S8/c1-27-22-24-35(3)30(26-27)18-19-31-33-21-20-32(36(33,4)25-23-34(31)35)28(2)14-10-7-5-6-8-11-15-29-16-12-9-13-17-29;1-3-5-7-8-6-4-2/h9,12-13,16-18,27-28,31-34H,10,14,19-26H2,1-4H3;/t27-,28+,31-,32+,33-,34-,35-,36+;/m0./s1. The number of fused-ring (bicyclic) bond motifs is 5. The second kappa shape index (κ2) is 18.1. The molecule has 0 amide bonds. The van der Waals surface area contributed by atoms with E-state index >= 15 is 0 Å². The molecule has 8 heteroatoms. The zero-order valence-electron chi connectivity index (χ0n) is 26.3. The molecule has 0 nitrogen and oxygen atoms in total. The van der Waals surface area contributed by atoms with Gasteiger partial charge in [-0.1, -0.05) is 69.4 Å². The quantitative estimate of drug-likeness (QED) is 0.226. The molecule has 236 valence electrons. The lowest BCUT2D eigenvalue weighted by Crippen LogP contribution is -2.50. The van der Waals surface area contributed by atoms with E-state index in [4.69, 9.17) is 0 Å². The van der Waals surface area contributed by atoms with Crippen LogP contribution in [0.3, 0.4) is 0 Å². The minimum Gasteiger partial charge on any atom is -0.0891 e. The summed E-state index contributed by atoms with van der Waals surface area (Å²) in [6.07, 6.45) is 16.3. The highest BCUT2D eigenvalue weighted by Crippen LogP contribution is 2.67. The molecule has 0 radical (unpaired) electrons. The molecular weight excluding hydrogens is 689 g/mol. The average molecular weight is 733 g/mol. The highest BCUT2D eigenvalue weighted by atomic mass is 33.4. The van der Waals surface area contributed by atoms with Crippen molar-refractivity contribution in [3.63, 3.8) is 0 Å². The second-order valence-electron chi connectivity index (χ2n) is 13.4. The molecule has 0 N–H and O–H groups in total. The maximum Gasteiger partial charge on any atom is 0.0255 e. The number of benzene rings is 1. The predicted molar refractivity (Wildman–Crippen MR) is 211 cm³/mol. The summed E-state index contributed by atoms with van der Waals surface area (Å²) in [4.78, 5) is 0. The lowest BCUT2D eigenvalue weighted by atomic mass is 9.46. The van der Waals surface area contributed by atoms with E-state index < -0.39 is 0 Å². The van der Waals surface area contributed by atoms with Crippen molar-refractivity contribution in [1.82, 2.24) is 0 Å². The fourth-order valence-corrected chi connectivity index (χ4v) is 20.1. The van der Waals surface area contributed by atoms with Crippen molar-refractivity contribution in [2.75, 3.05) is 0 Å². The van der Waals surface area contributed by atoms with Crippen molar-refractivity contribution in [2.45, 2.75) is 91.9 Å². The molecular formula is C36H44S8. The van der Waals surface area contributed by atoms with Gasteiger partial charge in [-0.05, 0) is 140 Å². The van der Waals surface area contributed by atoms with Gasteiger partial charge in [-0.3, -0.25) is 0 Å². The Labute approximate surface area is 294 Å². The van der Waals surface area contributed by atoms with E-state index in [2.05, 4.69) is 91.7 Å². The molecule has 0 bridgehead atoms. The van der Waals surface area contributed by atoms with Crippen LogP contribution in [0.15, 0.2) is 42.0 Å². The number of rotatable bonds is 3. The predicted octanol–water partition coefficient (Wildman–Crippen LogP) is 8.66. The molecule has 44 heavy (non-hydrogen) atoms. The SMILES string of the molecule is C[C@H]1CC[C@@]2(C)C(=CC[C@H]3[C@@H]4CC[C@H]([C@H](C)CCC#CC#CC#Cc5ccccc5)[C@@]4(C)CC[C@@H]32)C1.S=S=S=S=S=S=S=S. The van der Waals surface area contributed by atoms with Crippen LogP contribution in [-0.2, 0) is 75.7 Å². The van der Waals surface area contributed by atoms with Crippen molar-refractivity contribution >= 4 is 75.7 Å². The van der Waals surface area contributed by atoms with Gasteiger partial charge in [-0.25, -0.2) is 0 Å². The van der Waals surface area contributed by atoms with Gasteiger partial charge in [-0.15, -0.1) is 0 Å². The first-order valence-corrected chi connectivity index (χ1v) is 25.2. The van der Waals surface area contributed by atoms with E-state index in [1.54, 1.807) is 35.5 Å². The van der Waals surface area contributed by atoms with Crippen LogP contribution in [0.2, 0.25) is 0 Å². The number of allylic oxidation sites excluding steroid dienone is 2. The summed E-state index contributed by atoms with van der Waals surface area (Å²) in [6, 6.07) is 10.00. The molecule has 4 aliphatic carbocycles. The number of hydrogen-bond donors (Lipinski definition) is 0. The number of hydrogen-bond acceptors (Lipinski definition) is 2. The molecule has 0 saturated heterocycles. The van der Waals surface area contributed by atoms with Crippen LogP contribution in [0, 0.1) is 81.9 Å². The highest BCUT2D eigenvalue weighted by molar-refractivity contribution is 8.70. The molecule has 1 aromatic carbocycles. The van der Waals surface area contributed by atoms with E-state index in [1.165, 1.54) is 75.5 Å². The molecule has 1 aromatic rings. The van der Waals surface area contributed by atoms with Gasteiger partial charge in [-0.2, -0.15) is 0 Å². The maximum atomic E-state index is 4.60. The Kier molecular flexibility index (Phi) is 14.9. The van der Waals surface area contributed by atoms with Gasteiger partial charge >= 0.3 is 0 Å². The van der Waals surface area contributed by atoms with Crippen molar-refractivity contribution < 1.29 is 0 Å². The normalized spacial score (nSPS) is 31.6. The van der Waals surface area contributed by atoms with Crippen molar-refractivity contribution in [3.8, 4) is 35.5 Å². The fraction of sp³-hybridized carbons (Fsp3) is 0.611. The van der Waals surface area contributed by atoms with Gasteiger partial charge in [0.15, 0.2) is 0 Å². The van der Waals surface area contributed by atoms with Crippen LogP contribution in [0.5, 0.6) is 0 Å². The Hall–Kier alpha value is -0.600. The first kappa shape index (κ1) is 36.2. The van der Waals surface area contributed by atoms with E-state index in [1.807, 2.05) is 35.9 Å². The minimum absolute atomic E-state index is 0.503. The third-order valence-corrected chi connectivity index (χ3v) is 22.3. The smallest absolute Gasteiger partial charge is 0.0255 e. The second-order valence-corrected chi connectivity index (χ2v) is 24.0. The fourth-order valence-electron chi connectivity index (χ4n) is 9.16. The van der Waals surface area contributed by atoms with E-state index in [9.17, 15) is 0 Å². The van der Waals surface area contributed by atoms with Crippen LogP contribution >= 0.6 is 0 Å². The van der Waals surface area contributed by atoms with Gasteiger partial charge in [0.1, 0.15) is 0 Å². The van der Waals surface area contributed by atoms with Crippen molar-refractivity contribution in [3.05, 3.63) is 47.5 Å². The lowest BCUT2D eigenvalue weighted by Gasteiger charge is -2.58. The minimum atomic E-state index is 0.503. The third kappa shape index (κ3) is 9.27. The molecule has 0 heterocycles. The molecule has 3 saturated carbocycles. The van der Waals surface area contributed by atoms with Crippen LogP contribution in [-0.4, -0.2) is 0 Å². The average Bonchev–Trinajstić information content (AvgIpc) is 3.39. The van der Waals surface area contributed by atoms with E-state index in [-0.39, 0.29) is 0 Å². The summed E-state index contributed by atoms with van der Waals surface area (Å²) in [6.45, 7) is 10.3. The Balaban J connectivity index is 0.000000488. The van der Waals surface area contributed by atoms with E-state index in [0.29, 0.717) is 10.8 Å². The van der Waals surface area contributed by atoms with Crippen LogP contribution < -0.4 is 0 Å². The summed E-state index contributed by atoms with van der Waals surface area (Å²) in [7, 11) is 9.12. The van der Waals surface area contributed by atoms with Crippen LogP contribution in [0.1, 0.15) is 97.5 Å². The monoisotopic (exact) mass is 732 g/mol. The van der Waals surface area contributed by atoms with Crippen molar-refractivity contribution in [2.24, 2.45) is 46.3 Å². The molecule has 0 spiro atoms. The lowest BCUT2D eigenvalue weighted by molar-refractivity contribution is -0.0520. The van der Waals surface area contributed by atoms with Crippen LogP contribution in [0.4, 0.5) is 0 Å². The van der Waals surface area contributed by atoms with Crippen LogP contribution in [0.25, 0.3) is 0 Å². The van der Waals surface area contributed by atoms with E-state index in [0.717, 1.165) is 47.5 Å².